The van der Waals surface area contributed by atoms with Crippen molar-refractivity contribution < 1.29 is 9.53 Å². The molecule has 0 heterocycles. The Morgan fingerprint density at radius 2 is 2.24 bits per heavy atom. The molecule has 4 heteroatoms. The molecular formula is C13H25NO2S. The molecule has 3 nitrogen and oxygen atoms in total. The van der Waals surface area contributed by atoms with E-state index in [0.29, 0.717) is 22.5 Å². The van der Waals surface area contributed by atoms with Gasteiger partial charge in [0.05, 0.1) is 12.9 Å². The van der Waals surface area contributed by atoms with E-state index in [-0.39, 0.29) is 5.97 Å². The molecule has 1 fully saturated rings. The van der Waals surface area contributed by atoms with Crippen molar-refractivity contribution in [1.29, 1.82) is 0 Å². The normalized spacial score (nSPS) is 27.1. The molecule has 1 aliphatic rings. The highest BCUT2D eigenvalue weighted by Gasteiger charge is 2.41. The predicted octanol–water partition coefficient (Wildman–Crippen LogP) is 2.45. The first-order chi connectivity index (χ1) is 8.01. The highest BCUT2D eigenvalue weighted by molar-refractivity contribution is 8.00. The number of carbonyl (C=O) groups is 1. The van der Waals surface area contributed by atoms with Gasteiger partial charge in [-0.1, -0.05) is 20.8 Å². The van der Waals surface area contributed by atoms with E-state index in [1.165, 1.54) is 20.0 Å². The summed E-state index contributed by atoms with van der Waals surface area (Å²) in [6, 6.07) is 0.511. The monoisotopic (exact) mass is 259 g/mol. The maximum atomic E-state index is 11.2. The van der Waals surface area contributed by atoms with Crippen molar-refractivity contribution in [2.45, 2.75) is 51.3 Å². The Morgan fingerprint density at radius 3 is 2.82 bits per heavy atom. The molecule has 0 aromatic rings. The van der Waals surface area contributed by atoms with E-state index in [0.717, 1.165) is 13.0 Å². The third kappa shape index (κ3) is 4.18. The fourth-order valence-corrected chi connectivity index (χ4v) is 3.87. The van der Waals surface area contributed by atoms with Crippen molar-refractivity contribution in [2.24, 2.45) is 5.41 Å². The zero-order chi connectivity index (χ0) is 12.9. The largest absolute Gasteiger partial charge is 0.468 e. The summed E-state index contributed by atoms with van der Waals surface area (Å²) < 4.78 is 4.70. The van der Waals surface area contributed by atoms with Crippen molar-refractivity contribution in [3.05, 3.63) is 0 Å². The number of carbonyl (C=O) groups excluding carboxylic acids is 1. The van der Waals surface area contributed by atoms with Crippen molar-refractivity contribution >= 4 is 17.7 Å². The number of ether oxygens (including phenoxy) is 1. The van der Waals surface area contributed by atoms with Gasteiger partial charge in [0.15, 0.2) is 0 Å². The smallest absolute Gasteiger partial charge is 0.315 e. The van der Waals surface area contributed by atoms with Crippen molar-refractivity contribution in [2.75, 3.05) is 19.4 Å². The van der Waals surface area contributed by atoms with E-state index >= 15 is 0 Å². The van der Waals surface area contributed by atoms with Gasteiger partial charge in [0, 0.05) is 11.3 Å². The quantitative estimate of drug-likeness (QED) is 0.744. The Morgan fingerprint density at radius 1 is 1.53 bits per heavy atom. The average molecular weight is 259 g/mol. The second kappa shape index (κ2) is 6.64. The molecule has 0 amide bonds. The second-order valence-corrected chi connectivity index (χ2v) is 6.61. The predicted molar refractivity (Wildman–Crippen MR) is 73.4 cm³/mol. The van der Waals surface area contributed by atoms with Gasteiger partial charge in [0.1, 0.15) is 0 Å². The fraction of sp³-hybridized carbons (Fsp3) is 0.923. The summed E-state index contributed by atoms with van der Waals surface area (Å²) >= 11 is 1.74. The second-order valence-electron chi connectivity index (χ2n) is 5.38. The number of nitrogens with one attached hydrogen (secondary N) is 1. The van der Waals surface area contributed by atoms with Crippen LogP contribution in [0.25, 0.3) is 0 Å². The van der Waals surface area contributed by atoms with Crippen LogP contribution in [0.4, 0.5) is 0 Å². The number of thioether (sulfide) groups is 1. The molecule has 0 radical (unpaired) electrons. The van der Waals surface area contributed by atoms with Gasteiger partial charge in [-0.25, -0.2) is 0 Å². The Kier molecular flexibility index (Phi) is 5.80. The number of rotatable bonds is 6. The summed E-state index contributed by atoms with van der Waals surface area (Å²) in [5, 5.41) is 4.18. The van der Waals surface area contributed by atoms with Crippen LogP contribution in [0.15, 0.2) is 0 Å². The lowest BCUT2D eigenvalue weighted by atomic mass is 9.87. The first-order valence-corrected chi connectivity index (χ1v) is 7.48. The standard InChI is InChI=1S/C13H25NO2S/c1-5-8-14-12-10(6-7-13(12,2)3)17-9-11(15)16-4/h10,12,14H,5-9H2,1-4H3. The summed E-state index contributed by atoms with van der Waals surface area (Å²) in [7, 11) is 1.45. The van der Waals surface area contributed by atoms with E-state index in [2.05, 4.69) is 26.1 Å². The number of methoxy groups -OCH3 is 1. The first kappa shape index (κ1) is 14.8. The molecule has 2 unspecified atom stereocenters. The minimum atomic E-state index is -0.117. The Hall–Kier alpha value is -0.220. The third-order valence-electron chi connectivity index (χ3n) is 3.54. The maximum absolute atomic E-state index is 11.2. The highest BCUT2D eigenvalue weighted by Crippen LogP contribution is 2.42. The van der Waals surface area contributed by atoms with Crippen LogP contribution in [-0.2, 0) is 9.53 Å². The zero-order valence-electron chi connectivity index (χ0n) is 11.4. The Labute approximate surface area is 109 Å². The Balaban J connectivity index is 2.49. The maximum Gasteiger partial charge on any atom is 0.315 e. The number of hydrogen-bond donors (Lipinski definition) is 1. The zero-order valence-corrected chi connectivity index (χ0v) is 12.2. The first-order valence-electron chi connectivity index (χ1n) is 6.43. The van der Waals surface area contributed by atoms with E-state index in [4.69, 9.17) is 4.74 Å². The molecule has 17 heavy (non-hydrogen) atoms. The van der Waals surface area contributed by atoms with E-state index in [9.17, 15) is 4.79 Å². The van der Waals surface area contributed by atoms with Crippen LogP contribution in [0.1, 0.15) is 40.0 Å². The molecular weight excluding hydrogens is 234 g/mol. The van der Waals surface area contributed by atoms with Crippen molar-refractivity contribution in [3.63, 3.8) is 0 Å². The minimum absolute atomic E-state index is 0.117. The van der Waals surface area contributed by atoms with Gasteiger partial charge >= 0.3 is 5.97 Å². The lowest BCUT2D eigenvalue weighted by molar-refractivity contribution is -0.137. The van der Waals surface area contributed by atoms with Gasteiger partial charge in [-0.2, -0.15) is 0 Å². The molecule has 100 valence electrons. The molecule has 0 aromatic carbocycles. The van der Waals surface area contributed by atoms with Crippen molar-refractivity contribution in [3.8, 4) is 0 Å². The van der Waals surface area contributed by atoms with Gasteiger partial charge in [-0.05, 0) is 31.2 Å². The van der Waals surface area contributed by atoms with Gasteiger partial charge in [-0.15, -0.1) is 11.8 Å². The SMILES string of the molecule is CCCNC1C(SCC(=O)OC)CCC1(C)C. The fourth-order valence-electron chi connectivity index (χ4n) is 2.46. The number of esters is 1. The lowest BCUT2D eigenvalue weighted by Gasteiger charge is -2.31. The molecule has 0 saturated heterocycles. The molecule has 2 atom stereocenters. The van der Waals surface area contributed by atoms with E-state index < -0.39 is 0 Å². The van der Waals surface area contributed by atoms with Crippen LogP contribution >= 0.6 is 11.8 Å². The molecule has 0 aliphatic heterocycles. The van der Waals surface area contributed by atoms with Gasteiger partial charge in [0.25, 0.3) is 0 Å². The molecule has 1 aliphatic carbocycles. The topological polar surface area (TPSA) is 38.3 Å². The molecule has 1 rings (SSSR count). The van der Waals surface area contributed by atoms with Gasteiger partial charge < -0.3 is 10.1 Å². The minimum Gasteiger partial charge on any atom is -0.468 e. The average Bonchev–Trinajstić information content (AvgIpc) is 2.58. The summed E-state index contributed by atoms with van der Waals surface area (Å²) in [6.45, 7) is 7.88. The number of hydrogen-bond acceptors (Lipinski definition) is 4. The van der Waals surface area contributed by atoms with Gasteiger partial charge in [0.2, 0.25) is 0 Å². The Bertz CT molecular complexity index is 256. The molecule has 0 bridgehead atoms. The van der Waals surface area contributed by atoms with Crippen molar-refractivity contribution in [1.82, 2.24) is 5.32 Å². The van der Waals surface area contributed by atoms with Crippen LogP contribution in [0.2, 0.25) is 0 Å². The summed E-state index contributed by atoms with van der Waals surface area (Å²) in [5.41, 5.74) is 0.336. The summed E-state index contributed by atoms with van der Waals surface area (Å²) in [6.07, 6.45) is 3.57. The molecule has 0 aromatic heterocycles. The van der Waals surface area contributed by atoms with Gasteiger partial charge in [-0.3, -0.25) is 4.79 Å². The van der Waals surface area contributed by atoms with Crippen LogP contribution in [0, 0.1) is 5.41 Å². The summed E-state index contributed by atoms with van der Waals surface area (Å²) in [5.74, 6) is 0.357. The van der Waals surface area contributed by atoms with Crippen LogP contribution in [0.5, 0.6) is 0 Å². The van der Waals surface area contributed by atoms with Crippen LogP contribution in [0.3, 0.4) is 0 Å². The van der Waals surface area contributed by atoms with Crippen LogP contribution < -0.4 is 5.32 Å². The van der Waals surface area contributed by atoms with E-state index in [1.54, 1.807) is 11.8 Å². The van der Waals surface area contributed by atoms with Crippen LogP contribution in [-0.4, -0.2) is 36.7 Å². The molecule has 1 N–H and O–H groups in total. The molecule has 1 saturated carbocycles. The highest BCUT2D eigenvalue weighted by atomic mass is 32.2. The van der Waals surface area contributed by atoms with E-state index in [1.807, 2.05) is 0 Å². The summed E-state index contributed by atoms with van der Waals surface area (Å²) in [4.78, 5) is 11.2. The molecule has 0 spiro atoms. The third-order valence-corrected chi connectivity index (χ3v) is 4.88. The lowest BCUT2D eigenvalue weighted by Crippen LogP contribution is -2.44.